The molecule has 4 heteroatoms. The van der Waals surface area contributed by atoms with Crippen LogP contribution in [-0.4, -0.2) is 13.2 Å². The Hall–Kier alpha value is 0.350. The van der Waals surface area contributed by atoms with E-state index in [0.29, 0.717) is 5.92 Å². The van der Waals surface area contributed by atoms with Crippen molar-refractivity contribution >= 4 is 38.5 Å². The molecule has 2 nitrogen and oxygen atoms in total. The molecule has 2 N–H and O–H groups in total. The summed E-state index contributed by atoms with van der Waals surface area (Å²) in [4.78, 5) is 0. The molecule has 2 rings (SSSR count). The fourth-order valence-corrected chi connectivity index (χ4v) is 3.15. The summed E-state index contributed by atoms with van der Waals surface area (Å²) < 4.78 is 7.83. The molecule has 1 aromatic carbocycles. The fraction of sp³-hybridized carbons (Fsp3) is 0.500. The van der Waals surface area contributed by atoms with Crippen LogP contribution in [0.2, 0.25) is 0 Å². The average Bonchev–Trinajstić information content (AvgIpc) is 2.32. The zero-order valence-electron chi connectivity index (χ0n) is 8.96. The van der Waals surface area contributed by atoms with Gasteiger partial charge in [-0.05, 0) is 59.2 Å². The summed E-state index contributed by atoms with van der Waals surface area (Å²) in [5.74, 6) is 0.455. The smallest absolute Gasteiger partial charge is 0.0512 e. The van der Waals surface area contributed by atoms with Gasteiger partial charge in [-0.2, -0.15) is 0 Å². The molecule has 0 saturated carbocycles. The first-order valence-corrected chi connectivity index (χ1v) is 7.34. The number of hydrogen-bond donors (Lipinski definition) is 1. The van der Waals surface area contributed by atoms with Crippen molar-refractivity contribution < 1.29 is 4.74 Å². The summed E-state index contributed by atoms with van der Waals surface area (Å²) in [6.45, 7) is 1.68. The Morgan fingerprint density at radius 3 is 3.00 bits per heavy atom. The van der Waals surface area contributed by atoms with E-state index in [2.05, 4.69) is 56.7 Å². The summed E-state index contributed by atoms with van der Waals surface area (Å²) in [5, 5.41) is 0. The van der Waals surface area contributed by atoms with Crippen LogP contribution in [0.15, 0.2) is 22.7 Å². The van der Waals surface area contributed by atoms with Crippen molar-refractivity contribution in [3.05, 3.63) is 31.8 Å². The van der Waals surface area contributed by atoms with Crippen molar-refractivity contribution in [2.24, 2.45) is 11.7 Å². The van der Waals surface area contributed by atoms with Gasteiger partial charge in [-0.15, -0.1) is 0 Å². The summed E-state index contributed by atoms with van der Waals surface area (Å²) >= 11 is 5.85. The van der Waals surface area contributed by atoms with Crippen molar-refractivity contribution in [2.75, 3.05) is 13.2 Å². The lowest BCUT2D eigenvalue weighted by Crippen LogP contribution is -2.29. The van der Waals surface area contributed by atoms with Gasteiger partial charge in [0.15, 0.2) is 0 Å². The summed E-state index contributed by atoms with van der Waals surface area (Å²) in [6.07, 6.45) is 2.30. The SMILES string of the molecule is NC(c1cc(Br)ccc1I)C1CCCOC1. The van der Waals surface area contributed by atoms with Crippen LogP contribution in [0.5, 0.6) is 0 Å². The quantitative estimate of drug-likeness (QED) is 0.778. The number of rotatable bonds is 2. The van der Waals surface area contributed by atoms with Crippen molar-refractivity contribution in [3.8, 4) is 0 Å². The Morgan fingerprint density at radius 1 is 1.50 bits per heavy atom. The monoisotopic (exact) mass is 395 g/mol. The minimum Gasteiger partial charge on any atom is -0.381 e. The molecule has 2 unspecified atom stereocenters. The molecule has 0 aliphatic carbocycles. The van der Waals surface area contributed by atoms with Crippen LogP contribution in [0.25, 0.3) is 0 Å². The fourth-order valence-electron chi connectivity index (χ4n) is 2.07. The zero-order valence-corrected chi connectivity index (χ0v) is 12.7. The van der Waals surface area contributed by atoms with Gasteiger partial charge in [0, 0.05) is 26.6 Å². The second-order valence-corrected chi connectivity index (χ2v) is 6.25. The standard InChI is InChI=1S/C12H15BrINO/c13-9-3-4-11(14)10(6-9)12(15)8-2-1-5-16-7-8/h3-4,6,8,12H,1-2,5,7,15H2. The summed E-state index contributed by atoms with van der Waals surface area (Å²) in [7, 11) is 0. The van der Waals surface area contributed by atoms with Gasteiger partial charge in [0.1, 0.15) is 0 Å². The molecular formula is C12H15BrINO. The number of benzene rings is 1. The molecule has 2 atom stereocenters. The van der Waals surface area contributed by atoms with Gasteiger partial charge < -0.3 is 10.5 Å². The second-order valence-electron chi connectivity index (χ2n) is 4.17. The Morgan fingerprint density at radius 2 is 2.31 bits per heavy atom. The molecule has 1 heterocycles. The third-order valence-electron chi connectivity index (χ3n) is 3.02. The van der Waals surface area contributed by atoms with Crippen LogP contribution in [0.1, 0.15) is 24.4 Å². The molecular weight excluding hydrogens is 381 g/mol. The van der Waals surface area contributed by atoms with Crippen LogP contribution >= 0.6 is 38.5 Å². The predicted molar refractivity (Wildman–Crippen MR) is 77.3 cm³/mol. The van der Waals surface area contributed by atoms with Crippen LogP contribution in [-0.2, 0) is 4.74 Å². The maximum atomic E-state index is 6.33. The van der Waals surface area contributed by atoms with E-state index in [9.17, 15) is 0 Å². The minimum absolute atomic E-state index is 0.0877. The van der Waals surface area contributed by atoms with E-state index in [1.807, 2.05) is 0 Å². The molecule has 0 aromatic heterocycles. The molecule has 88 valence electrons. The maximum Gasteiger partial charge on any atom is 0.0512 e. The molecule has 16 heavy (non-hydrogen) atoms. The number of ether oxygens (including phenoxy) is 1. The molecule has 1 aliphatic heterocycles. The topological polar surface area (TPSA) is 35.2 Å². The number of hydrogen-bond acceptors (Lipinski definition) is 2. The first-order chi connectivity index (χ1) is 7.68. The van der Waals surface area contributed by atoms with Gasteiger partial charge in [0.25, 0.3) is 0 Å². The predicted octanol–water partition coefficient (Wildman–Crippen LogP) is 3.48. The van der Waals surface area contributed by atoms with Crippen LogP contribution < -0.4 is 5.73 Å². The lowest BCUT2D eigenvalue weighted by atomic mass is 9.89. The maximum absolute atomic E-state index is 6.33. The molecule has 0 spiro atoms. The normalized spacial score (nSPS) is 23.1. The molecule has 1 aliphatic rings. The van der Waals surface area contributed by atoms with Gasteiger partial charge >= 0.3 is 0 Å². The Bertz CT molecular complexity index is 366. The van der Waals surface area contributed by atoms with E-state index in [4.69, 9.17) is 10.5 Å². The van der Waals surface area contributed by atoms with Gasteiger partial charge in [0.05, 0.1) is 6.61 Å². The third kappa shape index (κ3) is 2.97. The van der Waals surface area contributed by atoms with Gasteiger partial charge in [-0.25, -0.2) is 0 Å². The van der Waals surface area contributed by atoms with Gasteiger partial charge in [0.2, 0.25) is 0 Å². The molecule has 1 aromatic rings. The van der Waals surface area contributed by atoms with Crippen molar-refractivity contribution in [3.63, 3.8) is 0 Å². The third-order valence-corrected chi connectivity index (χ3v) is 4.50. The molecule has 1 fully saturated rings. The van der Waals surface area contributed by atoms with Crippen molar-refractivity contribution in [1.29, 1.82) is 0 Å². The average molecular weight is 396 g/mol. The highest BCUT2D eigenvalue weighted by Gasteiger charge is 2.23. The van der Waals surface area contributed by atoms with Crippen LogP contribution in [0, 0.1) is 9.49 Å². The highest BCUT2D eigenvalue weighted by Crippen LogP contribution is 2.31. The lowest BCUT2D eigenvalue weighted by molar-refractivity contribution is 0.0446. The van der Waals surface area contributed by atoms with E-state index in [0.717, 1.165) is 24.1 Å². The van der Waals surface area contributed by atoms with E-state index >= 15 is 0 Å². The van der Waals surface area contributed by atoms with Crippen LogP contribution in [0.4, 0.5) is 0 Å². The first kappa shape index (κ1) is 12.8. The van der Waals surface area contributed by atoms with Crippen molar-refractivity contribution in [2.45, 2.75) is 18.9 Å². The number of nitrogens with two attached hydrogens (primary N) is 1. The summed E-state index contributed by atoms with van der Waals surface area (Å²) in [6, 6.07) is 6.37. The molecule has 1 saturated heterocycles. The Kier molecular flexibility index (Phi) is 4.64. The van der Waals surface area contributed by atoms with E-state index < -0.39 is 0 Å². The lowest BCUT2D eigenvalue weighted by Gasteiger charge is -2.28. The van der Waals surface area contributed by atoms with Gasteiger partial charge in [-0.1, -0.05) is 15.9 Å². The highest BCUT2D eigenvalue weighted by molar-refractivity contribution is 14.1. The first-order valence-electron chi connectivity index (χ1n) is 5.47. The Balaban J connectivity index is 2.18. The van der Waals surface area contributed by atoms with Crippen molar-refractivity contribution in [1.82, 2.24) is 0 Å². The molecule has 0 radical (unpaired) electrons. The van der Waals surface area contributed by atoms with E-state index in [-0.39, 0.29) is 6.04 Å². The van der Waals surface area contributed by atoms with E-state index in [1.54, 1.807) is 0 Å². The largest absolute Gasteiger partial charge is 0.381 e. The minimum atomic E-state index is 0.0877. The zero-order chi connectivity index (χ0) is 11.5. The number of halogens is 2. The van der Waals surface area contributed by atoms with Gasteiger partial charge in [-0.3, -0.25) is 0 Å². The molecule has 0 bridgehead atoms. The molecule has 0 amide bonds. The second kappa shape index (κ2) is 5.80. The highest BCUT2D eigenvalue weighted by atomic mass is 127. The van der Waals surface area contributed by atoms with Crippen LogP contribution in [0.3, 0.4) is 0 Å². The summed E-state index contributed by atoms with van der Waals surface area (Å²) in [5.41, 5.74) is 7.56. The Labute approximate surface area is 118 Å². The van der Waals surface area contributed by atoms with E-state index in [1.165, 1.54) is 15.6 Å².